The number of ketones is 1. The van der Waals surface area contributed by atoms with Gasteiger partial charge in [-0.05, 0) is 17.5 Å². The molecule has 17 heavy (non-hydrogen) atoms. The molecule has 1 nitrogen and oxygen atoms in total. The van der Waals surface area contributed by atoms with E-state index in [2.05, 4.69) is 6.07 Å². The van der Waals surface area contributed by atoms with Crippen molar-refractivity contribution < 1.29 is 4.79 Å². The lowest BCUT2D eigenvalue weighted by Crippen LogP contribution is -2.00. The van der Waals surface area contributed by atoms with Crippen molar-refractivity contribution in [2.75, 3.05) is 0 Å². The fourth-order valence-electron chi connectivity index (χ4n) is 1.86. The fraction of sp³-hybridized carbons (Fsp3) is 0.0714. The summed E-state index contributed by atoms with van der Waals surface area (Å²) in [6.45, 7) is 0. The third-order valence-corrected chi connectivity index (χ3v) is 4.54. The molecule has 0 spiro atoms. The van der Waals surface area contributed by atoms with Crippen LogP contribution in [-0.2, 0) is 6.42 Å². The number of thiophene rings is 2. The lowest BCUT2D eigenvalue weighted by molar-refractivity contribution is 0.0996. The van der Waals surface area contributed by atoms with Crippen molar-refractivity contribution in [2.45, 2.75) is 6.42 Å². The molecule has 3 rings (SSSR count). The zero-order valence-electron chi connectivity index (χ0n) is 9.05. The summed E-state index contributed by atoms with van der Waals surface area (Å²) in [5, 5.41) is 5.06. The summed E-state index contributed by atoms with van der Waals surface area (Å²) < 4.78 is 1.18. The van der Waals surface area contributed by atoms with Gasteiger partial charge in [-0.1, -0.05) is 24.3 Å². The number of carbonyl (C=O) groups excluding carboxylic acids is 1. The van der Waals surface area contributed by atoms with Crippen LogP contribution in [0.4, 0.5) is 0 Å². The molecule has 0 saturated heterocycles. The molecule has 0 fully saturated rings. The van der Waals surface area contributed by atoms with Crippen molar-refractivity contribution >= 4 is 38.5 Å². The average Bonchev–Trinajstić information content (AvgIpc) is 2.96. The number of hydrogen-bond donors (Lipinski definition) is 0. The second kappa shape index (κ2) is 4.43. The van der Waals surface area contributed by atoms with Gasteiger partial charge in [-0.15, -0.1) is 22.7 Å². The molecule has 3 aromatic rings. The minimum atomic E-state index is 0.213. The maximum atomic E-state index is 12.2. The Bertz CT molecular complexity index is 650. The summed E-state index contributed by atoms with van der Waals surface area (Å²) in [5.74, 6) is 0.213. The lowest BCUT2D eigenvalue weighted by atomic mass is 10.1. The number of rotatable bonds is 3. The zero-order chi connectivity index (χ0) is 11.7. The molecule has 2 heterocycles. The van der Waals surface area contributed by atoms with E-state index in [0.29, 0.717) is 6.42 Å². The number of carbonyl (C=O) groups is 1. The minimum Gasteiger partial charge on any atom is -0.294 e. The van der Waals surface area contributed by atoms with E-state index in [1.807, 2.05) is 41.1 Å². The molecule has 84 valence electrons. The van der Waals surface area contributed by atoms with Crippen molar-refractivity contribution in [2.24, 2.45) is 0 Å². The lowest BCUT2D eigenvalue weighted by Gasteiger charge is -1.97. The molecule has 0 radical (unpaired) electrons. The van der Waals surface area contributed by atoms with Gasteiger partial charge in [-0.2, -0.15) is 0 Å². The quantitative estimate of drug-likeness (QED) is 0.637. The summed E-state index contributed by atoms with van der Waals surface area (Å²) >= 11 is 3.27. The summed E-state index contributed by atoms with van der Waals surface area (Å²) in [4.78, 5) is 13.3. The van der Waals surface area contributed by atoms with Gasteiger partial charge in [0.15, 0.2) is 5.78 Å². The van der Waals surface area contributed by atoms with Gasteiger partial charge in [0, 0.05) is 32.3 Å². The van der Waals surface area contributed by atoms with Crippen LogP contribution in [0.25, 0.3) is 10.1 Å². The normalized spacial score (nSPS) is 10.8. The largest absolute Gasteiger partial charge is 0.294 e. The highest BCUT2D eigenvalue weighted by atomic mass is 32.1. The minimum absolute atomic E-state index is 0.213. The molecule has 2 aromatic heterocycles. The van der Waals surface area contributed by atoms with Gasteiger partial charge in [0.05, 0.1) is 0 Å². The molecule has 0 N–H and O–H groups in total. The van der Waals surface area contributed by atoms with E-state index in [0.717, 1.165) is 15.8 Å². The van der Waals surface area contributed by atoms with Crippen LogP contribution in [-0.4, -0.2) is 5.78 Å². The summed E-state index contributed by atoms with van der Waals surface area (Å²) in [6.07, 6.45) is 0.512. The van der Waals surface area contributed by atoms with Crippen LogP contribution in [0.1, 0.15) is 15.2 Å². The first-order chi connectivity index (χ1) is 8.34. The first kappa shape index (κ1) is 10.7. The molecule has 0 unspecified atom stereocenters. The van der Waals surface area contributed by atoms with Crippen LogP contribution in [0.3, 0.4) is 0 Å². The van der Waals surface area contributed by atoms with Gasteiger partial charge >= 0.3 is 0 Å². The van der Waals surface area contributed by atoms with Crippen LogP contribution in [0.2, 0.25) is 0 Å². The molecule has 0 aliphatic carbocycles. The number of fused-ring (bicyclic) bond motifs is 1. The van der Waals surface area contributed by atoms with E-state index >= 15 is 0 Å². The highest BCUT2D eigenvalue weighted by Crippen LogP contribution is 2.27. The molecule has 0 aliphatic rings. The van der Waals surface area contributed by atoms with Gasteiger partial charge in [0.25, 0.3) is 0 Å². The van der Waals surface area contributed by atoms with Crippen molar-refractivity contribution in [3.05, 3.63) is 57.6 Å². The highest BCUT2D eigenvalue weighted by molar-refractivity contribution is 7.17. The number of benzene rings is 1. The molecule has 0 atom stereocenters. The van der Waals surface area contributed by atoms with E-state index in [4.69, 9.17) is 0 Å². The average molecular weight is 258 g/mol. The first-order valence-electron chi connectivity index (χ1n) is 5.36. The molecular formula is C14H10OS2. The van der Waals surface area contributed by atoms with Crippen LogP contribution in [0.15, 0.2) is 47.2 Å². The maximum Gasteiger partial charge on any atom is 0.169 e. The molecule has 1 aromatic carbocycles. The molecule has 0 saturated carbocycles. The second-order valence-corrected chi connectivity index (χ2v) is 5.77. The Morgan fingerprint density at radius 1 is 1.06 bits per heavy atom. The standard InChI is InChI=1S/C14H10OS2/c15-13(8-10-4-3-7-16-10)12-9-17-14-6-2-1-5-11(12)14/h1-7,9H,8H2. The third kappa shape index (κ3) is 2.04. The van der Waals surface area contributed by atoms with Crippen molar-refractivity contribution in [3.63, 3.8) is 0 Å². The summed E-state index contributed by atoms with van der Waals surface area (Å²) in [7, 11) is 0. The highest BCUT2D eigenvalue weighted by Gasteiger charge is 2.12. The summed E-state index contributed by atoms with van der Waals surface area (Å²) in [5.41, 5.74) is 0.860. The monoisotopic (exact) mass is 258 g/mol. The Hall–Kier alpha value is -1.45. The predicted molar refractivity (Wildman–Crippen MR) is 74.2 cm³/mol. The van der Waals surface area contributed by atoms with E-state index in [9.17, 15) is 4.79 Å². The summed E-state index contributed by atoms with van der Waals surface area (Å²) in [6, 6.07) is 12.1. The number of hydrogen-bond acceptors (Lipinski definition) is 3. The Kier molecular flexibility index (Phi) is 2.79. The van der Waals surface area contributed by atoms with Gasteiger partial charge in [0.2, 0.25) is 0 Å². The van der Waals surface area contributed by atoms with Gasteiger partial charge in [-0.25, -0.2) is 0 Å². The molecular weight excluding hydrogens is 248 g/mol. The molecule has 0 amide bonds. The van der Waals surface area contributed by atoms with E-state index < -0.39 is 0 Å². The topological polar surface area (TPSA) is 17.1 Å². The second-order valence-electron chi connectivity index (χ2n) is 3.82. The van der Waals surface area contributed by atoms with E-state index in [1.54, 1.807) is 22.7 Å². The number of Topliss-reactive ketones (excluding diaryl/α,β-unsaturated/α-hetero) is 1. The SMILES string of the molecule is O=C(Cc1cccs1)c1csc2ccccc12. The third-order valence-electron chi connectivity index (χ3n) is 2.70. The zero-order valence-corrected chi connectivity index (χ0v) is 10.7. The van der Waals surface area contributed by atoms with Gasteiger partial charge in [-0.3, -0.25) is 4.79 Å². The van der Waals surface area contributed by atoms with Crippen LogP contribution in [0.5, 0.6) is 0 Å². The Morgan fingerprint density at radius 2 is 1.94 bits per heavy atom. The van der Waals surface area contributed by atoms with Crippen molar-refractivity contribution in [3.8, 4) is 0 Å². The smallest absolute Gasteiger partial charge is 0.169 e. The van der Waals surface area contributed by atoms with Gasteiger partial charge in [0.1, 0.15) is 0 Å². The van der Waals surface area contributed by atoms with Crippen LogP contribution in [0, 0.1) is 0 Å². The molecule has 3 heteroatoms. The Morgan fingerprint density at radius 3 is 2.76 bits per heavy atom. The molecule has 0 aliphatic heterocycles. The van der Waals surface area contributed by atoms with Crippen LogP contribution < -0.4 is 0 Å². The van der Waals surface area contributed by atoms with Crippen molar-refractivity contribution in [1.82, 2.24) is 0 Å². The van der Waals surface area contributed by atoms with Crippen LogP contribution >= 0.6 is 22.7 Å². The Balaban J connectivity index is 1.96. The van der Waals surface area contributed by atoms with E-state index in [1.165, 1.54) is 4.70 Å². The van der Waals surface area contributed by atoms with E-state index in [-0.39, 0.29) is 5.78 Å². The van der Waals surface area contributed by atoms with Gasteiger partial charge < -0.3 is 0 Å². The predicted octanol–water partition coefficient (Wildman–Crippen LogP) is 4.39. The fourth-order valence-corrected chi connectivity index (χ4v) is 3.53. The van der Waals surface area contributed by atoms with Crippen molar-refractivity contribution in [1.29, 1.82) is 0 Å². The maximum absolute atomic E-state index is 12.2. The first-order valence-corrected chi connectivity index (χ1v) is 7.12. The molecule has 0 bridgehead atoms. The Labute approximate surface area is 107 Å².